The molecule has 0 aromatic heterocycles. The number of carbonyl (C=O) groups excluding carboxylic acids is 1. The fourth-order valence-corrected chi connectivity index (χ4v) is 5.88. The normalized spacial score (nSPS) is 18.9. The van der Waals surface area contributed by atoms with Gasteiger partial charge in [-0.1, -0.05) is 93.8 Å². The van der Waals surface area contributed by atoms with Crippen molar-refractivity contribution in [1.82, 2.24) is 0 Å². The largest absolute Gasteiger partial charge is 0.508 e. The Bertz CT molecular complexity index is 928. The maximum atomic E-state index is 13.9. The van der Waals surface area contributed by atoms with Gasteiger partial charge in [0.1, 0.15) is 11.5 Å². The van der Waals surface area contributed by atoms with Gasteiger partial charge in [0, 0.05) is 6.42 Å². The summed E-state index contributed by atoms with van der Waals surface area (Å²) < 4.78 is 0. The summed E-state index contributed by atoms with van der Waals surface area (Å²) in [4.78, 5) is 13.9. The van der Waals surface area contributed by atoms with Crippen LogP contribution in [0.15, 0.2) is 49.0 Å². The first-order valence-corrected chi connectivity index (χ1v) is 12.6. The molecule has 0 heterocycles. The van der Waals surface area contributed by atoms with Crippen molar-refractivity contribution < 1.29 is 9.90 Å². The fourth-order valence-electron chi connectivity index (χ4n) is 5.88. The molecule has 2 fully saturated rings. The molecule has 0 amide bonds. The summed E-state index contributed by atoms with van der Waals surface area (Å²) in [5, 5.41) is 9.87. The Morgan fingerprint density at radius 2 is 1.56 bits per heavy atom. The van der Waals surface area contributed by atoms with Gasteiger partial charge in [0.25, 0.3) is 0 Å². The van der Waals surface area contributed by atoms with E-state index in [0.717, 1.165) is 16.7 Å². The molecule has 1 N–H and O–H groups in total. The molecule has 2 heteroatoms. The first-order valence-electron chi connectivity index (χ1n) is 12.6. The van der Waals surface area contributed by atoms with Gasteiger partial charge >= 0.3 is 0 Å². The van der Waals surface area contributed by atoms with Crippen molar-refractivity contribution in [2.45, 2.75) is 83.5 Å². The first-order chi connectivity index (χ1) is 15.5. The lowest BCUT2D eigenvalue weighted by atomic mass is 9.75. The number of benzene rings is 2. The highest BCUT2D eigenvalue weighted by molar-refractivity contribution is 5.91. The number of rotatable bonds is 7. The SMILES string of the molecule is C=C(c1ccc(C)cc1C(C(=O)CC1CCCCC1)c1ccc(O)cc1)C1CCCCC1. The number of hydrogen-bond donors (Lipinski definition) is 1. The zero-order chi connectivity index (χ0) is 22.5. The number of carbonyl (C=O) groups is 1. The van der Waals surface area contributed by atoms with Gasteiger partial charge in [-0.25, -0.2) is 0 Å². The predicted octanol–water partition coefficient (Wildman–Crippen LogP) is 7.97. The van der Waals surface area contributed by atoms with Gasteiger partial charge in [0.05, 0.1) is 5.92 Å². The summed E-state index contributed by atoms with van der Waals surface area (Å²) in [6.07, 6.45) is 13.0. The van der Waals surface area contributed by atoms with Gasteiger partial charge in [-0.05, 0) is 66.0 Å². The third-order valence-electron chi connectivity index (χ3n) is 7.72. The molecule has 4 rings (SSSR count). The number of aromatic hydroxyl groups is 1. The zero-order valence-corrected chi connectivity index (χ0v) is 19.6. The van der Waals surface area contributed by atoms with E-state index in [1.54, 1.807) is 12.1 Å². The van der Waals surface area contributed by atoms with Crippen LogP contribution in [0.4, 0.5) is 0 Å². The van der Waals surface area contributed by atoms with Crippen molar-refractivity contribution in [2.24, 2.45) is 11.8 Å². The van der Waals surface area contributed by atoms with Crippen molar-refractivity contribution in [1.29, 1.82) is 0 Å². The minimum Gasteiger partial charge on any atom is -0.508 e. The molecule has 0 aliphatic heterocycles. The second kappa shape index (κ2) is 10.5. The Hall–Kier alpha value is -2.35. The minimum absolute atomic E-state index is 0.239. The van der Waals surface area contributed by atoms with Crippen LogP contribution in [0.25, 0.3) is 5.57 Å². The van der Waals surface area contributed by atoms with Crippen molar-refractivity contribution in [3.05, 3.63) is 71.3 Å². The van der Waals surface area contributed by atoms with Crippen LogP contribution in [0.5, 0.6) is 5.75 Å². The third kappa shape index (κ3) is 5.34. The molecular weight excluding hydrogens is 392 g/mol. The highest BCUT2D eigenvalue weighted by atomic mass is 16.3. The number of phenolic OH excluding ortho intramolecular Hbond substituents is 1. The van der Waals surface area contributed by atoms with Crippen LogP contribution in [0.3, 0.4) is 0 Å². The van der Waals surface area contributed by atoms with Crippen LogP contribution in [-0.4, -0.2) is 10.9 Å². The van der Waals surface area contributed by atoms with E-state index in [1.165, 1.54) is 75.3 Å². The second-order valence-corrected chi connectivity index (χ2v) is 10.1. The molecule has 2 saturated carbocycles. The molecule has 0 saturated heterocycles. The smallest absolute Gasteiger partial charge is 0.145 e. The minimum atomic E-state index is -0.298. The molecule has 32 heavy (non-hydrogen) atoms. The predicted molar refractivity (Wildman–Crippen MR) is 133 cm³/mol. The summed E-state index contributed by atoms with van der Waals surface area (Å²) in [5.74, 6) is 1.27. The quantitative estimate of drug-likeness (QED) is 0.483. The number of aryl methyl sites for hydroxylation is 1. The molecule has 1 atom stereocenters. The monoisotopic (exact) mass is 430 g/mol. The van der Waals surface area contributed by atoms with Gasteiger partial charge < -0.3 is 5.11 Å². The average molecular weight is 431 g/mol. The molecule has 2 aliphatic rings. The number of Topliss-reactive ketones (excluding diaryl/α,β-unsaturated/α-hetero) is 1. The van der Waals surface area contributed by atoms with E-state index in [4.69, 9.17) is 0 Å². The Morgan fingerprint density at radius 3 is 2.22 bits per heavy atom. The van der Waals surface area contributed by atoms with Crippen LogP contribution in [0, 0.1) is 18.8 Å². The van der Waals surface area contributed by atoms with E-state index in [2.05, 4.69) is 31.7 Å². The van der Waals surface area contributed by atoms with Crippen molar-refractivity contribution in [3.63, 3.8) is 0 Å². The summed E-state index contributed by atoms with van der Waals surface area (Å²) in [6.45, 7) is 6.66. The summed E-state index contributed by atoms with van der Waals surface area (Å²) in [7, 11) is 0. The molecular formula is C30H38O2. The molecule has 0 radical (unpaired) electrons. The summed E-state index contributed by atoms with van der Waals surface area (Å²) in [5.41, 5.74) is 5.62. The highest BCUT2D eigenvalue weighted by Crippen LogP contribution is 2.41. The van der Waals surface area contributed by atoms with Gasteiger partial charge in [-0.3, -0.25) is 4.79 Å². The fraction of sp³-hybridized carbons (Fsp3) is 0.500. The van der Waals surface area contributed by atoms with E-state index in [-0.39, 0.29) is 11.7 Å². The van der Waals surface area contributed by atoms with Gasteiger partial charge in [0.15, 0.2) is 0 Å². The lowest BCUT2D eigenvalue weighted by Gasteiger charge is -2.29. The van der Waals surface area contributed by atoms with E-state index in [0.29, 0.717) is 24.0 Å². The topological polar surface area (TPSA) is 37.3 Å². The Kier molecular flexibility index (Phi) is 7.50. The van der Waals surface area contributed by atoms with Crippen LogP contribution in [0.1, 0.15) is 98.8 Å². The molecule has 2 aromatic rings. The standard InChI is InChI=1S/C30H38O2/c1-21-13-18-27(22(2)24-11-7-4-8-12-24)28(19-21)30(25-14-16-26(31)17-15-25)29(32)20-23-9-5-3-6-10-23/h13-19,23-24,30-31H,2-12,20H2,1H3. The van der Waals surface area contributed by atoms with Gasteiger partial charge in [0.2, 0.25) is 0 Å². The first kappa shape index (κ1) is 22.8. The number of allylic oxidation sites excluding steroid dienone is 1. The van der Waals surface area contributed by atoms with E-state index >= 15 is 0 Å². The molecule has 0 spiro atoms. The maximum Gasteiger partial charge on any atom is 0.145 e. The lowest BCUT2D eigenvalue weighted by molar-refractivity contribution is -0.120. The molecule has 0 bridgehead atoms. The van der Waals surface area contributed by atoms with E-state index in [1.807, 2.05) is 12.1 Å². The van der Waals surface area contributed by atoms with Crippen molar-refractivity contribution >= 4 is 11.4 Å². The van der Waals surface area contributed by atoms with E-state index in [9.17, 15) is 9.90 Å². The van der Waals surface area contributed by atoms with Gasteiger partial charge in [-0.15, -0.1) is 0 Å². The van der Waals surface area contributed by atoms with Crippen LogP contribution >= 0.6 is 0 Å². The van der Waals surface area contributed by atoms with Crippen molar-refractivity contribution in [3.8, 4) is 5.75 Å². The zero-order valence-electron chi connectivity index (χ0n) is 19.6. The Morgan fingerprint density at radius 1 is 0.938 bits per heavy atom. The molecule has 2 aliphatic carbocycles. The summed E-state index contributed by atoms with van der Waals surface area (Å²) >= 11 is 0. The number of phenols is 1. The van der Waals surface area contributed by atoms with Gasteiger partial charge in [-0.2, -0.15) is 0 Å². The Labute approximate surface area is 193 Å². The second-order valence-electron chi connectivity index (χ2n) is 10.1. The Balaban J connectivity index is 1.72. The highest BCUT2D eigenvalue weighted by Gasteiger charge is 2.30. The molecule has 1 unspecified atom stereocenters. The van der Waals surface area contributed by atoms with Crippen LogP contribution < -0.4 is 0 Å². The van der Waals surface area contributed by atoms with Crippen LogP contribution in [-0.2, 0) is 4.79 Å². The van der Waals surface area contributed by atoms with E-state index < -0.39 is 0 Å². The number of hydrogen-bond acceptors (Lipinski definition) is 2. The molecule has 170 valence electrons. The number of ketones is 1. The summed E-state index contributed by atoms with van der Waals surface area (Å²) in [6, 6.07) is 13.8. The lowest BCUT2D eigenvalue weighted by Crippen LogP contribution is -2.21. The molecule has 2 nitrogen and oxygen atoms in total. The molecule has 2 aromatic carbocycles. The van der Waals surface area contributed by atoms with Crippen molar-refractivity contribution in [2.75, 3.05) is 0 Å². The van der Waals surface area contributed by atoms with Crippen LogP contribution in [0.2, 0.25) is 0 Å². The maximum absolute atomic E-state index is 13.9. The average Bonchev–Trinajstić information content (AvgIpc) is 2.81. The third-order valence-corrected chi connectivity index (χ3v) is 7.72.